The first-order chi connectivity index (χ1) is 15.4. The number of benzene rings is 2. The number of esters is 1. The smallest absolute Gasteiger partial charge is 0.326 e. The highest BCUT2D eigenvalue weighted by molar-refractivity contribution is 6.11. The van der Waals surface area contributed by atoms with Crippen LogP contribution in [0.5, 0.6) is 0 Å². The number of amides is 4. The molecule has 1 atom stereocenters. The summed E-state index contributed by atoms with van der Waals surface area (Å²) in [6.07, 6.45) is 1.54. The van der Waals surface area contributed by atoms with Crippen molar-refractivity contribution in [3.8, 4) is 0 Å². The highest BCUT2D eigenvalue weighted by Gasteiger charge is 2.52. The quantitative estimate of drug-likeness (QED) is 0.554. The SMILES string of the molecule is CCOC(=O)CN(C(=O)CN1C(=O)NC2(CCc3ccccc3C2)C1=O)c1ccccc1. The van der Waals surface area contributed by atoms with E-state index in [0.29, 0.717) is 24.9 Å². The summed E-state index contributed by atoms with van der Waals surface area (Å²) >= 11 is 0. The lowest BCUT2D eigenvalue weighted by molar-refractivity contribution is -0.142. The van der Waals surface area contributed by atoms with Crippen molar-refractivity contribution in [2.24, 2.45) is 0 Å². The Kier molecular flexibility index (Phi) is 5.94. The number of carbonyl (C=O) groups is 4. The summed E-state index contributed by atoms with van der Waals surface area (Å²) in [5.74, 6) is -1.52. The lowest BCUT2D eigenvalue weighted by atomic mass is 9.78. The van der Waals surface area contributed by atoms with Crippen molar-refractivity contribution in [1.82, 2.24) is 10.2 Å². The molecule has 1 heterocycles. The van der Waals surface area contributed by atoms with Gasteiger partial charge in [0.15, 0.2) is 0 Å². The molecule has 2 aromatic carbocycles. The molecule has 1 fully saturated rings. The van der Waals surface area contributed by atoms with Gasteiger partial charge in [0.05, 0.1) is 6.61 Å². The first kappa shape index (κ1) is 21.5. The van der Waals surface area contributed by atoms with Crippen molar-refractivity contribution in [1.29, 1.82) is 0 Å². The monoisotopic (exact) mass is 435 g/mol. The van der Waals surface area contributed by atoms with Gasteiger partial charge in [-0.2, -0.15) is 0 Å². The van der Waals surface area contributed by atoms with Gasteiger partial charge in [-0.25, -0.2) is 4.79 Å². The van der Waals surface area contributed by atoms with Crippen molar-refractivity contribution < 1.29 is 23.9 Å². The zero-order chi connectivity index (χ0) is 22.7. The fourth-order valence-electron chi connectivity index (χ4n) is 4.33. The van der Waals surface area contributed by atoms with Crippen LogP contribution < -0.4 is 10.2 Å². The lowest BCUT2D eigenvalue weighted by Crippen LogP contribution is -2.52. The number of hydrogen-bond donors (Lipinski definition) is 1. The van der Waals surface area contributed by atoms with E-state index >= 15 is 0 Å². The van der Waals surface area contributed by atoms with Crippen molar-refractivity contribution in [3.05, 3.63) is 65.7 Å². The van der Waals surface area contributed by atoms with E-state index < -0.39 is 35.9 Å². The van der Waals surface area contributed by atoms with Gasteiger partial charge in [-0.3, -0.25) is 24.2 Å². The summed E-state index contributed by atoms with van der Waals surface area (Å²) < 4.78 is 4.99. The molecule has 1 saturated heterocycles. The number of carbonyl (C=O) groups excluding carboxylic acids is 4. The molecule has 0 bridgehead atoms. The highest BCUT2D eigenvalue weighted by Crippen LogP contribution is 2.33. The van der Waals surface area contributed by atoms with Crippen LogP contribution in [0.15, 0.2) is 54.6 Å². The number of imide groups is 1. The number of aryl methyl sites for hydroxylation is 1. The van der Waals surface area contributed by atoms with Gasteiger partial charge in [-0.15, -0.1) is 0 Å². The van der Waals surface area contributed by atoms with E-state index in [0.717, 1.165) is 10.5 Å². The largest absolute Gasteiger partial charge is 0.465 e. The molecule has 166 valence electrons. The molecule has 32 heavy (non-hydrogen) atoms. The maximum absolute atomic E-state index is 13.3. The van der Waals surface area contributed by atoms with Gasteiger partial charge in [0.1, 0.15) is 18.6 Å². The normalized spacial score (nSPS) is 19.5. The number of para-hydroxylation sites is 1. The van der Waals surface area contributed by atoms with Gasteiger partial charge in [0.25, 0.3) is 5.91 Å². The van der Waals surface area contributed by atoms with Crippen LogP contribution in [0, 0.1) is 0 Å². The third-order valence-electron chi connectivity index (χ3n) is 5.93. The molecule has 1 aliphatic heterocycles. The van der Waals surface area contributed by atoms with Gasteiger partial charge in [0.2, 0.25) is 5.91 Å². The molecule has 0 saturated carbocycles. The fourth-order valence-corrected chi connectivity index (χ4v) is 4.33. The number of nitrogens with zero attached hydrogens (tertiary/aromatic N) is 2. The number of fused-ring (bicyclic) bond motifs is 1. The van der Waals surface area contributed by atoms with Gasteiger partial charge in [0, 0.05) is 12.1 Å². The molecule has 8 heteroatoms. The van der Waals surface area contributed by atoms with Crippen molar-refractivity contribution in [3.63, 3.8) is 0 Å². The second-order valence-electron chi connectivity index (χ2n) is 7.97. The molecule has 1 unspecified atom stereocenters. The third kappa shape index (κ3) is 4.08. The summed E-state index contributed by atoms with van der Waals surface area (Å²) in [6.45, 7) is 1.11. The topological polar surface area (TPSA) is 96.0 Å². The molecule has 1 aliphatic carbocycles. The van der Waals surface area contributed by atoms with E-state index in [1.54, 1.807) is 37.3 Å². The zero-order valence-corrected chi connectivity index (χ0v) is 17.9. The summed E-state index contributed by atoms with van der Waals surface area (Å²) in [5.41, 5.74) is 1.64. The standard InChI is InChI=1S/C24H25N3O5/c1-2-32-21(29)16-26(19-10-4-3-5-11-19)20(28)15-27-22(30)24(25-23(27)31)13-12-17-8-6-7-9-18(17)14-24/h3-11H,2,12-16H2,1H3,(H,25,31). The van der Waals surface area contributed by atoms with Gasteiger partial charge in [-0.1, -0.05) is 42.5 Å². The van der Waals surface area contributed by atoms with Crippen LogP contribution in [-0.4, -0.2) is 54.0 Å². The van der Waals surface area contributed by atoms with Crippen LogP contribution in [-0.2, 0) is 32.0 Å². The minimum absolute atomic E-state index is 0.187. The van der Waals surface area contributed by atoms with E-state index in [2.05, 4.69) is 5.32 Å². The Labute approximate surface area is 186 Å². The molecule has 8 nitrogen and oxygen atoms in total. The van der Waals surface area contributed by atoms with E-state index in [1.807, 2.05) is 24.3 Å². The molecule has 1 N–H and O–H groups in total. The second kappa shape index (κ2) is 8.82. The van der Waals surface area contributed by atoms with Crippen molar-refractivity contribution >= 4 is 29.5 Å². The number of ether oxygens (including phenoxy) is 1. The molecule has 1 spiro atoms. The van der Waals surface area contributed by atoms with Crippen LogP contribution in [0.25, 0.3) is 0 Å². The number of urea groups is 1. The van der Waals surface area contributed by atoms with Crippen LogP contribution in [0.2, 0.25) is 0 Å². The van der Waals surface area contributed by atoms with E-state index in [4.69, 9.17) is 4.74 Å². The Bertz CT molecular complexity index is 1050. The zero-order valence-electron chi connectivity index (χ0n) is 17.9. The molecular weight excluding hydrogens is 410 g/mol. The third-order valence-corrected chi connectivity index (χ3v) is 5.93. The van der Waals surface area contributed by atoms with Crippen molar-refractivity contribution in [2.45, 2.75) is 31.7 Å². The first-order valence-electron chi connectivity index (χ1n) is 10.7. The Hall–Kier alpha value is -3.68. The van der Waals surface area contributed by atoms with E-state index in [-0.39, 0.29) is 13.2 Å². The molecule has 0 aromatic heterocycles. The predicted molar refractivity (Wildman–Crippen MR) is 117 cm³/mol. The summed E-state index contributed by atoms with van der Waals surface area (Å²) in [4.78, 5) is 53.4. The van der Waals surface area contributed by atoms with Gasteiger partial charge < -0.3 is 10.1 Å². The number of rotatable bonds is 6. The van der Waals surface area contributed by atoms with Gasteiger partial charge >= 0.3 is 12.0 Å². The molecule has 4 rings (SSSR count). The summed E-state index contributed by atoms with van der Waals surface area (Å²) in [6, 6.07) is 15.9. The Morgan fingerprint density at radius 3 is 2.47 bits per heavy atom. The fraction of sp³-hybridized carbons (Fsp3) is 0.333. The van der Waals surface area contributed by atoms with Crippen LogP contribution in [0.1, 0.15) is 24.5 Å². The molecular formula is C24H25N3O5. The molecule has 2 aromatic rings. The highest BCUT2D eigenvalue weighted by atomic mass is 16.5. The predicted octanol–water partition coefficient (Wildman–Crippen LogP) is 2.06. The molecule has 0 radical (unpaired) electrons. The average Bonchev–Trinajstić information content (AvgIpc) is 3.02. The van der Waals surface area contributed by atoms with Gasteiger partial charge in [-0.05, 0) is 43.0 Å². The lowest BCUT2D eigenvalue weighted by Gasteiger charge is -2.32. The van der Waals surface area contributed by atoms with Crippen LogP contribution in [0.3, 0.4) is 0 Å². The van der Waals surface area contributed by atoms with E-state index in [9.17, 15) is 19.2 Å². The minimum Gasteiger partial charge on any atom is -0.465 e. The van der Waals surface area contributed by atoms with E-state index in [1.165, 1.54) is 10.5 Å². The maximum Gasteiger partial charge on any atom is 0.326 e. The summed E-state index contributed by atoms with van der Waals surface area (Å²) in [5, 5.41) is 2.83. The number of nitrogens with one attached hydrogen (secondary N) is 1. The molecule has 2 aliphatic rings. The average molecular weight is 435 g/mol. The Balaban J connectivity index is 1.53. The first-order valence-corrected chi connectivity index (χ1v) is 10.7. The second-order valence-corrected chi connectivity index (χ2v) is 7.97. The number of anilines is 1. The van der Waals surface area contributed by atoms with Crippen LogP contribution >= 0.6 is 0 Å². The van der Waals surface area contributed by atoms with Crippen LogP contribution in [0.4, 0.5) is 10.5 Å². The Morgan fingerprint density at radius 1 is 1.06 bits per heavy atom. The number of hydrogen-bond acceptors (Lipinski definition) is 5. The van der Waals surface area contributed by atoms with Crippen molar-refractivity contribution in [2.75, 3.05) is 24.6 Å². The maximum atomic E-state index is 13.3. The molecule has 4 amide bonds. The minimum atomic E-state index is -1.04. The summed E-state index contributed by atoms with van der Waals surface area (Å²) in [7, 11) is 0. The Morgan fingerprint density at radius 2 is 1.75 bits per heavy atom.